The Balaban J connectivity index is 1.42. The molecule has 4 rings (SSSR count). The van der Waals surface area contributed by atoms with Crippen molar-refractivity contribution in [2.75, 3.05) is 18.4 Å². The van der Waals surface area contributed by atoms with Gasteiger partial charge < -0.3 is 10.2 Å². The van der Waals surface area contributed by atoms with Crippen LogP contribution in [-0.4, -0.2) is 44.9 Å². The highest BCUT2D eigenvalue weighted by molar-refractivity contribution is 7.18. The molecular weight excluding hydrogens is 322 g/mol. The molecule has 0 aliphatic carbocycles. The van der Waals surface area contributed by atoms with Crippen molar-refractivity contribution < 1.29 is 4.79 Å². The fourth-order valence-corrected chi connectivity index (χ4v) is 3.68. The highest BCUT2D eigenvalue weighted by Crippen LogP contribution is 2.25. The molecule has 3 heterocycles. The van der Waals surface area contributed by atoms with Gasteiger partial charge in [0.05, 0.1) is 21.3 Å². The highest BCUT2D eigenvalue weighted by atomic mass is 32.1. The van der Waals surface area contributed by atoms with E-state index in [-0.39, 0.29) is 11.9 Å². The zero-order chi connectivity index (χ0) is 16.5. The van der Waals surface area contributed by atoms with Crippen LogP contribution >= 0.6 is 11.3 Å². The second-order valence-corrected chi connectivity index (χ2v) is 6.88. The van der Waals surface area contributed by atoms with Crippen LogP contribution in [0.1, 0.15) is 22.3 Å². The van der Waals surface area contributed by atoms with E-state index < -0.39 is 0 Å². The number of anilines is 1. The molecule has 3 aromatic rings. The molecule has 0 bridgehead atoms. The van der Waals surface area contributed by atoms with Crippen LogP contribution in [0.15, 0.2) is 36.7 Å². The average molecular weight is 339 g/mol. The van der Waals surface area contributed by atoms with Crippen LogP contribution in [0.4, 0.5) is 5.95 Å². The molecule has 24 heavy (non-hydrogen) atoms. The first-order valence-corrected chi connectivity index (χ1v) is 8.77. The van der Waals surface area contributed by atoms with Gasteiger partial charge in [0.1, 0.15) is 0 Å². The number of fused-ring (bicyclic) bond motifs is 1. The van der Waals surface area contributed by atoms with E-state index in [1.165, 1.54) is 0 Å². The van der Waals surface area contributed by atoms with Crippen molar-refractivity contribution in [3.63, 3.8) is 0 Å². The minimum atomic E-state index is 0.0652. The average Bonchev–Trinajstić information content (AvgIpc) is 3.00. The topological polar surface area (TPSA) is 71.0 Å². The summed E-state index contributed by atoms with van der Waals surface area (Å²) in [6.45, 7) is 3.42. The molecule has 0 radical (unpaired) electrons. The summed E-state index contributed by atoms with van der Waals surface area (Å²) in [5.41, 5.74) is 1.70. The van der Waals surface area contributed by atoms with Gasteiger partial charge in [-0.2, -0.15) is 0 Å². The van der Waals surface area contributed by atoms with Crippen molar-refractivity contribution in [3.05, 3.63) is 47.2 Å². The summed E-state index contributed by atoms with van der Waals surface area (Å²) in [7, 11) is 0. The maximum atomic E-state index is 12.6. The van der Waals surface area contributed by atoms with Gasteiger partial charge in [-0.25, -0.2) is 15.0 Å². The Morgan fingerprint density at radius 1 is 1.33 bits per heavy atom. The second-order valence-electron chi connectivity index (χ2n) is 5.77. The van der Waals surface area contributed by atoms with Gasteiger partial charge in [-0.3, -0.25) is 4.79 Å². The molecule has 7 heteroatoms. The molecule has 1 amide bonds. The van der Waals surface area contributed by atoms with E-state index >= 15 is 0 Å². The van der Waals surface area contributed by atoms with Crippen molar-refractivity contribution in [2.45, 2.75) is 19.4 Å². The predicted octanol–water partition coefficient (Wildman–Crippen LogP) is 2.59. The zero-order valence-electron chi connectivity index (χ0n) is 13.3. The minimum absolute atomic E-state index is 0.0652. The number of likely N-dealkylation sites (tertiary alicyclic amines) is 1. The standard InChI is InChI=1S/C17H17N5OS/c1-2-15-21-13-5-4-11(8-14(13)24-15)16(23)22-9-12(10-22)20-17-18-6-3-7-19-17/h3-8,12H,2,9-10H2,1H3,(H,18,19,20). The first-order chi connectivity index (χ1) is 11.7. The number of nitrogens with zero attached hydrogens (tertiary/aromatic N) is 4. The molecule has 0 spiro atoms. The molecule has 2 aromatic heterocycles. The number of thiazole rings is 1. The molecule has 1 fully saturated rings. The van der Waals surface area contributed by atoms with Crippen LogP contribution in [0.25, 0.3) is 10.2 Å². The highest BCUT2D eigenvalue weighted by Gasteiger charge is 2.31. The lowest BCUT2D eigenvalue weighted by atomic mass is 10.1. The summed E-state index contributed by atoms with van der Waals surface area (Å²) < 4.78 is 1.07. The number of carbonyl (C=O) groups excluding carboxylic acids is 1. The van der Waals surface area contributed by atoms with Crippen molar-refractivity contribution >= 4 is 33.4 Å². The number of carbonyl (C=O) groups is 1. The minimum Gasteiger partial charge on any atom is -0.348 e. The molecule has 1 aromatic carbocycles. The van der Waals surface area contributed by atoms with E-state index in [4.69, 9.17) is 0 Å². The first-order valence-electron chi connectivity index (χ1n) is 7.95. The third-order valence-electron chi connectivity index (χ3n) is 4.05. The third-order valence-corrected chi connectivity index (χ3v) is 5.21. The van der Waals surface area contributed by atoms with Gasteiger partial charge >= 0.3 is 0 Å². The molecule has 1 saturated heterocycles. The number of benzene rings is 1. The number of amides is 1. The van der Waals surface area contributed by atoms with Crippen molar-refractivity contribution in [1.29, 1.82) is 0 Å². The second kappa shape index (κ2) is 6.16. The van der Waals surface area contributed by atoms with E-state index in [0.717, 1.165) is 27.2 Å². The summed E-state index contributed by atoms with van der Waals surface area (Å²) in [6, 6.07) is 7.74. The Hall–Kier alpha value is -2.54. The Morgan fingerprint density at radius 3 is 2.88 bits per heavy atom. The number of aromatic nitrogens is 3. The number of hydrogen-bond acceptors (Lipinski definition) is 6. The van der Waals surface area contributed by atoms with Crippen LogP contribution in [0.5, 0.6) is 0 Å². The van der Waals surface area contributed by atoms with E-state index in [9.17, 15) is 4.79 Å². The van der Waals surface area contributed by atoms with Crippen LogP contribution in [0, 0.1) is 0 Å². The van der Waals surface area contributed by atoms with Crippen LogP contribution < -0.4 is 5.32 Å². The SMILES string of the molecule is CCc1nc2ccc(C(=O)N3CC(Nc4ncccn4)C3)cc2s1. The quantitative estimate of drug-likeness (QED) is 0.791. The van der Waals surface area contributed by atoms with Gasteiger partial charge in [0, 0.05) is 31.0 Å². The van der Waals surface area contributed by atoms with Crippen molar-refractivity contribution in [3.8, 4) is 0 Å². The monoisotopic (exact) mass is 339 g/mol. The maximum Gasteiger partial charge on any atom is 0.254 e. The third kappa shape index (κ3) is 2.82. The summed E-state index contributed by atoms with van der Waals surface area (Å²) >= 11 is 1.66. The van der Waals surface area contributed by atoms with Crippen molar-refractivity contribution in [1.82, 2.24) is 19.9 Å². The fourth-order valence-electron chi connectivity index (χ4n) is 2.73. The summed E-state index contributed by atoms with van der Waals surface area (Å²) in [6.07, 6.45) is 4.32. The van der Waals surface area contributed by atoms with Gasteiger partial charge in [-0.15, -0.1) is 11.3 Å². The normalized spacial score (nSPS) is 14.6. The zero-order valence-corrected chi connectivity index (χ0v) is 14.1. The van der Waals surface area contributed by atoms with Crippen LogP contribution in [0.3, 0.4) is 0 Å². The van der Waals surface area contributed by atoms with E-state index in [0.29, 0.717) is 19.0 Å². The number of rotatable bonds is 4. The van der Waals surface area contributed by atoms with Crippen molar-refractivity contribution in [2.24, 2.45) is 0 Å². The largest absolute Gasteiger partial charge is 0.348 e. The molecule has 1 aliphatic rings. The Morgan fingerprint density at radius 2 is 2.12 bits per heavy atom. The van der Waals surface area contributed by atoms with Gasteiger partial charge in [-0.1, -0.05) is 6.92 Å². The van der Waals surface area contributed by atoms with E-state index in [1.54, 1.807) is 29.8 Å². The Kier molecular flexibility index (Phi) is 3.86. The lowest BCUT2D eigenvalue weighted by molar-refractivity contribution is 0.0625. The maximum absolute atomic E-state index is 12.6. The molecule has 6 nitrogen and oxygen atoms in total. The molecule has 1 N–H and O–H groups in total. The number of hydrogen-bond donors (Lipinski definition) is 1. The van der Waals surface area contributed by atoms with Gasteiger partial charge in [0.25, 0.3) is 5.91 Å². The number of aryl methyl sites for hydroxylation is 1. The summed E-state index contributed by atoms with van der Waals surface area (Å²) in [5.74, 6) is 0.670. The molecular formula is C17H17N5OS. The Bertz CT molecular complexity index is 873. The van der Waals surface area contributed by atoms with Crippen LogP contribution in [0.2, 0.25) is 0 Å². The van der Waals surface area contributed by atoms with E-state index in [2.05, 4.69) is 27.2 Å². The van der Waals surface area contributed by atoms with Crippen LogP contribution in [-0.2, 0) is 6.42 Å². The molecule has 0 atom stereocenters. The lowest BCUT2D eigenvalue weighted by Gasteiger charge is -2.39. The van der Waals surface area contributed by atoms with Gasteiger partial charge in [-0.05, 0) is 30.7 Å². The molecule has 1 aliphatic heterocycles. The van der Waals surface area contributed by atoms with Gasteiger partial charge in [0.2, 0.25) is 5.95 Å². The lowest BCUT2D eigenvalue weighted by Crippen LogP contribution is -2.57. The predicted molar refractivity (Wildman–Crippen MR) is 94.3 cm³/mol. The molecule has 0 saturated carbocycles. The Labute approximate surface area is 143 Å². The smallest absolute Gasteiger partial charge is 0.254 e. The first kappa shape index (κ1) is 15.0. The summed E-state index contributed by atoms with van der Waals surface area (Å²) in [5, 5.41) is 4.33. The fraction of sp³-hybridized carbons (Fsp3) is 0.294. The van der Waals surface area contributed by atoms with E-state index in [1.807, 2.05) is 23.1 Å². The summed E-state index contributed by atoms with van der Waals surface area (Å²) in [4.78, 5) is 27.3. The number of nitrogens with one attached hydrogen (secondary N) is 1. The van der Waals surface area contributed by atoms with Gasteiger partial charge in [0.15, 0.2) is 0 Å². The molecule has 122 valence electrons. The molecule has 0 unspecified atom stereocenters.